The predicted octanol–water partition coefficient (Wildman–Crippen LogP) is 2.53. The lowest BCUT2D eigenvalue weighted by molar-refractivity contribution is 0.196. The highest BCUT2D eigenvalue weighted by Gasteiger charge is 2.15. The highest BCUT2D eigenvalue weighted by Crippen LogP contribution is 2.09. The first-order valence-electron chi connectivity index (χ1n) is 6.50. The molecule has 2 N–H and O–H groups in total. The summed E-state index contributed by atoms with van der Waals surface area (Å²) in [6, 6.07) is 11.3. The van der Waals surface area contributed by atoms with Crippen LogP contribution in [0.5, 0.6) is 0 Å². The molecule has 2 unspecified atom stereocenters. The third-order valence-electron chi connectivity index (χ3n) is 3.52. The number of nitrogens with zero attached hydrogens (tertiary/aromatic N) is 1. The zero-order chi connectivity index (χ0) is 12.8. The first-order chi connectivity index (χ1) is 8.00. The van der Waals surface area contributed by atoms with Crippen LogP contribution >= 0.6 is 0 Å². The van der Waals surface area contributed by atoms with E-state index in [1.165, 1.54) is 5.56 Å². The summed E-state index contributed by atoms with van der Waals surface area (Å²) in [5.41, 5.74) is 7.53. The van der Waals surface area contributed by atoms with Crippen molar-refractivity contribution in [3.8, 4) is 0 Å². The third kappa shape index (κ3) is 4.88. The van der Waals surface area contributed by atoms with E-state index < -0.39 is 0 Å². The first kappa shape index (κ1) is 14.2. The van der Waals surface area contributed by atoms with E-state index in [-0.39, 0.29) is 6.04 Å². The summed E-state index contributed by atoms with van der Waals surface area (Å²) >= 11 is 0. The van der Waals surface area contributed by atoms with Gasteiger partial charge < -0.3 is 10.6 Å². The van der Waals surface area contributed by atoms with Crippen LogP contribution < -0.4 is 5.73 Å². The second-order valence-electron chi connectivity index (χ2n) is 5.37. The molecule has 0 radical (unpaired) electrons. The minimum absolute atomic E-state index is 0.212. The van der Waals surface area contributed by atoms with Crippen LogP contribution in [0.25, 0.3) is 0 Å². The number of likely N-dealkylation sites (N-methyl/N-ethyl adjacent to an activating group) is 1. The van der Waals surface area contributed by atoms with Gasteiger partial charge in [0.2, 0.25) is 0 Å². The van der Waals surface area contributed by atoms with Crippen molar-refractivity contribution in [2.45, 2.75) is 39.3 Å². The normalized spacial score (nSPS) is 15.2. The molecule has 0 amide bonds. The Balaban J connectivity index is 2.42. The monoisotopic (exact) mass is 234 g/mol. The molecule has 0 heterocycles. The Bertz CT molecular complexity index is 308. The van der Waals surface area contributed by atoms with E-state index in [1.54, 1.807) is 0 Å². The molecule has 96 valence electrons. The van der Waals surface area contributed by atoms with Crippen molar-refractivity contribution >= 4 is 0 Å². The van der Waals surface area contributed by atoms with Gasteiger partial charge in [-0.3, -0.25) is 0 Å². The minimum atomic E-state index is 0.212. The molecule has 1 rings (SSSR count). The van der Waals surface area contributed by atoms with Gasteiger partial charge in [-0.05, 0) is 31.9 Å². The molecule has 0 saturated heterocycles. The number of hydrogen-bond donors (Lipinski definition) is 1. The molecule has 1 aromatic carbocycles. The molecule has 0 aromatic heterocycles. The molecule has 0 spiro atoms. The lowest BCUT2D eigenvalue weighted by Crippen LogP contribution is -2.42. The fraction of sp³-hybridized carbons (Fsp3) is 0.600. The summed E-state index contributed by atoms with van der Waals surface area (Å²) < 4.78 is 0. The second-order valence-corrected chi connectivity index (χ2v) is 5.37. The van der Waals surface area contributed by atoms with Crippen molar-refractivity contribution in [1.29, 1.82) is 0 Å². The van der Waals surface area contributed by atoms with Crippen LogP contribution in [0.15, 0.2) is 30.3 Å². The Labute approximate surface area is 106 Å². The van der Waals surface area contributed by atoms with Gasteiger partial charge in [-0.15, -0.1) is 0 Å². The molecular weight excluding hydrogens is 208 g/mol. The van der Waals surface area contributed by atoms with E-state index in [0.29, 0.717) is 12.0 Å². The van der Waals surface area contributed by atoms with Gasteiger partial charge in [-0.25, -0.2) is 0 Å². The molecule has 0 aliphatic rings. The summed E-state index contributed by atoms with van der Waals surface area (Å²) in [6.07, 6.45) is 0.954. The van der Waals surface area contributed by atoms with Gasteiger partial charge in [0.1, 0.15) is 0 Å². The van der Waals surface area contributed by atoms with E-state index in [9.17, 15) is 0 Å². The summed E-state index contributed by atoms with van der Waals surface area (Å²) in [5, 5.41) is 0. The first-order valence-corrected chi connectivity index (χ1v) is 6.50. The highest BCUT2D eigenvalue weighted by atomic mass is 15.1. The van der Waals surface area contributed by atoms with Crippen LogP contribution in [-0.4, -0.2) is 30.6 Å². The summed E-state index contributed by atoms with van der Waals surface area (Å²) in [5.74, 6) is 0.670. The molecule has 0 saturated carbocycles. The van der Waals surface area contributed by atoms with E-state index in [4.69, 9.17) is 5.73 Å². The molecular formula is C15H26N2. The maximum atomic E-state index is 6.20. The molecule has 2 nitrogen and oxygen atoms in total. The average Bonchev–Trinajstić information content (AvgIpc) is 2.28. The molecule has 0 bridgehead atoms. The maximum absolute atomic E-state index is 6.20. The van der Waals surface area contributed by atoms with Gasteiger partial charge >= 0.3 is 0 Å². The van der Waals surface area contributed by atoms with Crippen LogP contribution in [0.4, 0.5) is 0 Å². The van der Waals surface area contributed by atoms with E-state index in [0.717, 1.165) is 13.0 Å². The molecule has 17 heavy (non-hydrogen) atoms. The van der Waals surface area contributed by atoms with Gasteiger partial charge in [-0.2, -0.15) is 0 Å². The molecule has 2 atom stereocenters. The minimum Gasteiger partial charge on any atom is -0.326 e. The van der Waals surface area contributed by atoms with Crippen molar-refractivity contribution < 1.29 is 0 Å². The lowest BCUT2D eigenvalue weighted by atomic mass is 10.0. The predicted molar refractivity (Wildman–Crippen MR) is 75.1 cm³/mol. The van der Waals surface area contributed by atoms with Crippen LogP contribution in [-0.2, 0) is 6.42 Å². The molecule has 2 heteroatoms. The van der Waals surface area contributed by atoms with Crippen molar-refractivity contribution in [3.63, 3.8) is 0 Å². The van der Waals surface area contributed by atoms with E-state index in [1.807, 2.05) is 6.07 Å². The van der Waals surface area contributed by atoms with Crippen LogP contribution in [0.3, 0.4) is 0 Å². The van der Waals surface area contributed by atoms with Crippen LogP contribution in [0.2, 0.25) is 0 Å². The number of benzene rings is 1. The summed E-state index contributed by atoms with van der Waals surface area (Å²) in [7, 11) is 2.16. The summed E-state index contributed by atoms with van der Waals surface area (Å²) in [6.45, 7) is 7.72. The zero-order valence-electron chi connectivity index (χ0n) is 11.6. The standard InChI is InChI=1S/C15H26N2/c1-12(2)13(3)17(4)11-15(16)10-14-8-6-5-7-9-14/h5-9,12-13,15H,10-11,16H2,1-4H3. The molecule has 1 aromatic rings. The SMILES string of the molecule is CC(C)C(C)N(C)CC(N)Cc1ccccc1. The quantitative estimate of drug-likeness (QED) is 0.819. The van der Waals surface area contributed by atoms with Crippen molar-refractivity contribution in [2.75, 3.05) is 13.6 Å². The molecule has 0 aliphatic carbocycles. The van der Waals surface area contributed by atoms with Crippen molar-refractivity contribution in [3.05, 3.63) is 35.9 Å². The fourth-order valence-corrected chi connectivity index (χ4v) is 2.03. The van der Waals surface area contributed by atoms with Crippen LogP contribution in [0, 0.1) is 5.92 Å². The topological polar surface area (TPSA) is 29.3 Å². The molecule has 0 aliphatic heterocycles. The van der Waals surface area contributed by atoms with Gasteiger partial charge in [0.05, 0.1) is 0 Å². The zero-order valence-corrected chi connectivity index (χ0v) is 11.6. The Morgan fingerprint density at radius 1 is 1.12 bits per heavy atom. The second kappa shape index (κ2) is 6.77. The van der Waals surface area contributed by atoms with Gasteiger partial charge in [0, 0.05) is 18.6 Å². The largest absolute Gasteiger partial charge is 0.326 e. The average molecular weight is 234 g/mol. The number of hydrogen-bond acceptors (Lipinski definition) is 2. The van der Waals surface area contributed by atoms with Crippen LogP contribution in [0.1, 0.15) is 26.3 Å². The van der Waals surface area contributed by atoms with Gasteiger partial charge in [0.25, 0.3) is 0 Å². The molecule has 0 fully saturated rings. The van der Waals surface area contributed by atoms with Gasteiger partial charge in [0.15, 0.2) is 0 Å². The van der Waals surface area contributed by atoms with E-state index in [2.05, 4.69) is 57.0 Å². The van der Waals surface area contributed by atoms with Crippen molar-refractivity contribution in [2.24, 2.45) is 11.7 Å². The lowest BCUT2D eigenvalue weighted by Gasteiger charge is -2.30. The Morgan fingerprint density at radius 3 is 2.24 bits per heavy atom. The maximum Gasteiger partial charge on any atom is 0.0208 e. The van der Waals surface area contributed by atoms with Crippen molar-refractivity contribution in [1.82, 2.24) is 4.90 Å². The highest BCUT2D eigenvalue weighted by molar-refractivity contribution is 5.15. The fourth-order valence-electron chi connectivity index (χ4n) is 2.03. The Hall–Kier alpha value is -0.860. The summed E-state index contributed by atoms with van der Waals surface area (Å²) in [4.78, 5) is 2.36. The Morgan fingerprint density at radius 2 is 1.71 bits per heavy atom. The number of nitrogens with two attached hydrogens (primary N) is 1. The third-order valence-corrected chi connectivity index (χ3v) is 3.52. The number of rotatable bonds is 6. The smallest absolute Gasteiger partial charge is 0.0208 e. The Kier molecular flexibility index (Phi) is 5.66. The van der Waals surface area contributed by atoms with E-state index >= 15 is 0 Å². The van der Waals surface area contributed by atoms with Gasteiger partial charge in [-0.1, -0.05) is 44.2 Å².